The topological polar surface area (TPSA) is 28.4 Å². The van der Waals surface area contributed by atoms with Gasteiger partial charge in [-0.3, -0.25) is 0 Å². The van der Waals surface area contributed by atoms with E-state index in [9.17, 15) is 0 Å². The first-order valence-electron chi connectivity index (χ1n) is 6.64. The van der Waals surface area contributed by atoms with Crippen molar-refractivity contribution in [3.05, 3.63) is 36.1 Å². The van der Waals surface area contributed by atoms with Crippen molar-refractivity contribution in [2.75, 3.05) is 20.6 Å². The van der Waals surface area contributed by atoms with Gasteiger partial charge in [-0.15, -0.1) is 0 Å². The molecule has 3 rings (SSSR count). The number of hydrogen-bond acceptors (Lipinski definition) is 3. The Labute approximate surface area is 108 Å². The molecule has 1 aliphatic carbocycles. The lowest BCUT2D eigenvalue weighted by Crippen LogP contribution is -2.32. The molecule has 1 aliphatic rings. The Morgan fingerprint density at radius 3 is 2.83 bits per heavy atom. The van der Waals surface area contributed by atoms with Crippen LogP contribution in [0.2, 0.25) is 0 Å². The van der Waals surface area contributed by atoms with Gasteiger partial charge in [0.15, 0.2) is 0 Å². The van der Waals surface area contributed by atoms with E-state index in [1.54, 1.807) is 0 Å². The third-order valence-electron chi connectivity index (χ3n) is 3.78. The van der Waals surface area contributed by atoms with Gasteiger partial charge in [-0.1, -0.05) is 18.2 Å². The van der Waals surface area contributed by atoms with Crippen molar-refractivity contribution in [2.45, 2.75) is 24.9 Å². The molecule has 1 fully saturated rings. The highest BCUT2D eigenvalue weighted by Crippen LogP contribution is 2.29. The average molecular weight is 244 g/mol. The normalized spacial score (nSPS) is 17.5. The molecule has 1 saturated carbocycles. The van der Waals surface area contributed by atoms with Gasteiger partial charge in [0.25, 0.3) is 0 Å². The molecule has 0 amide bonds. The van der Waals surface area contributed by atoms with Crippen LogP contribution in [0.1, 0.15) is 24.6 Å². The summed E-state index contributed by atoms with van der Waals surface area (Å²) in [5, 5.41) is 4.54. The lowest BCUT2D eigenvalue weighted by molar-refractivity contribution is 0.271. The fraction of sp³-hybridized carbons (Fsp3) is 0.467. The summed E-state index contributed by atoms with van der Waals surface area (Å²) in [4.78, 5) is 2.42. The van der Waals surface area contributed by atoms with Crippen LogP contribution in [-0.4, -0.2) is 31.6 Å². The molecule has 96 valence electrons. The molecule has 0 spiro atoms. The Bertz CT molecular complexity index is 497. The van der Waals surface area contributed by atoms with Gasteiger partial charge in [0.2, 0.25) is 0 Å². The minimum absolute atomic E-state index is 0.267. The SMILES string of the molecule is CNC(CN(C)C1CC1)c1cc2ccccc2o1. The van der Waals surface area contributed by atoms with E-state index in [4.69, 9.17) is 4.42 Å². The largest absolute Gasteiger partial charge is 0.459 e. The highest BCUT2D eigenvalue weighted by atomic mass is 16.3. The Morgan fingerprint density at radius 1 is 1.39 bits per heavy atom. The van der Waals surface area contributed by atoms with E-state index in [-0.39, 0.29) is 6.04 Å². The predicted octanol–water partition coefficient (Wildman–Crippen LogP) is 2.79. The second-order valence-electron chi connectivity index (χ2n) is 5.20. The van der Waals surface area contributed by atoms with E-state index >= 15 is 0 Å². The van der Waals surface area contributed by atoms with Gasteiger partial charge < -0.3 is 14.6 Å². The summed E-state index contributed by atoms with van der Waals surface area (Å²) >= 11 is 0. The third kappa shape index (κ3) is 2.28. The van der Waals surface area contributed by atoms with Crippen LogP contribution < -0.4 is 5.32 Å². The number of likely N-dealkylation sites (N-methyl/N-ethyl adjacent to an activating group) is 2. The highest BCUT2D eigenvalue weighted by molar-refractivity contribution is 5.77. The van der Waals surface area contributed by atoms with E-state index in [1.807, 2.05) is 25.2 Å². The molecule has 1 aromatic carbocycles. The van der Waals surface area contributed by atoms with Gasteiger partial charge in [0, 0.05) is 18.0 Å². The second kappa shape index (κ2) is 4.75. The Morgan fingerprint density at radius 2 is 2.17 bits per heavy atom. The number of fused-ring (bicyclic) bond motifs is 1. The van der Waals surface area contributed by atoms with Gasteiger partial charge in [-0.05, 0) is 39.1 Å². The lowest BCUT2D eigenvalue weighted by atomic mass is 10.2. The molecule has 1 atom stereocenters. The monoisotopic (exact) mass is 244 g/mol. The number of furan rings is 1. The summed E-state index contributed by atoms with van der Waals surface area (Å²) in [6, 6.07) is 11.4. The van der Waals surface area contributed by atoms with Crippen molar-refractivity contribution >= 4 is 11.0 Å². The van der Waals surface area contributed by atoms with Crippen LogP contribution >= 0.6 is 0 Å². The molecule has 18 heavy (non-hydrogen) atoms. The molecule has 1 heterocycles. The van der Waals surface area contributed by atoms with E-state index in [0.717, 1.165) is 23.9 Å². The highest BCUT2D eigenvalue weighted by Gasteiger charge is 2.28. The Balaban J connectivity index is 1.81. The van der Waals surface area contributed by atoms with Crippen molar-refractivity contribution in [1.82, 2.24) is 10.2 Å². The summed E-state index contributed by atoms with van der Waals surface area (Å²) in [5.74, 6) is 1.03. The van der Waals surface area contributed by atoms with Crippen LogP contribution in [0.4, 0.5) is 0 Å². The molecule has 1 aromatic heterocycles. The smallest absolute Gasteiger partial charge is 0.134 e. The number of nitrogens with one attached hydrogen (secondary N) is 1. The number of benzene rings is 1. The fourth-order valence-electron chi connectivity index (χ4n) is 2.45. The molecular weight excluding hydrogens is 224 g/mol. The summed E-state index contributed by atoms with van der Waals surface area (Å²) < 4.78 is 5.93. The van der Waals surface area contributed by atoms with E-state index in [2.05, 4.69) is 29.4 Å². The zero-order valence-electron chi connectivity index (χ0n) is 11.0. The molecule has 0 saturated heterocycles. The van der Waals surface area contributed by atoms with Gasteiger partial charge in [-0.25, -0.2) is 0 Å². The maximum atomic E-state index is 5.93. The molecule has 3 nitrogen and oxygen atoms in total. The fourth-order valence-corrected chi connectivity index (χ4v) is 2.45. The third-order valence-corrected chi connectivity index (χ3v) is 3.78. The van der Waals surface area contributed by atoms with Crippen molar-refractivity contribution < 1.29 is 4.42 Å². The molecule has 0 radical (unpaired) electrons. The first-order valence-corrected chi connectivity index (χ1v) is 6.64. The zero-order valence-corrected chi connectivity index (χ0v) is 11.0. The maximum Gasteiger partial charge on any atom is 0.134 e. The maximum absolute atomic E-state index is 5.93. The molecule has 1 unspecified atom stereocenters. The zero-order chi connectivity index (χ0) is 12.5. The Hall–Kier alpha value is -1.32. The van der Waals surface area contributed by atoms with Crippen LogP contribution in [-0.2, 0) is 0 Å². The molecule has 2 aromatic rings. The van der Waals surface area contributed by atoms with Gasteiger partial charge >= 0.3 is 0 Å². The standard InChI is InChI=1S/C15H20N2O/c1-16-13(10-17(2)12-7-8-12)15-9-11-5-3-4-6-14(11)18-15/h3-6,9,12-13,16H,7-8,10H2,1-2H3. The van der Waals surface area contributed by atoms with Gasteiger partial charge in [0.05, 0.1) is 6.04 Å². The number of rotatable bonds is 5. The molecule has 0 bridgehead atoms. The number of para-hydroxylation sites is 1. The Kier molecular flexibility index (Phi) is 3.10. The summed E-state index contributed by atoms with van der Waals surface area (Å²) in [5.41, 5.74) is 0.974. The van der Waals surface area contributed by atoms with Gasteiger partial charge in [0.1, 0.15) is 11.3 Å². The summed E-state index contributed by atoms with van der Waals surface area (Å²) in [6.45, 7) is 1.00. The molecule has 1 N–H and O–H groups in total. The lowest BCUT2D eigenvalue weighted by Gasteiger charge is -2.21. The van der Waals surface area contributed by atoms with Crippen molar-refractivity contribution in [2.24, 2.45) is 0 Å². The first kappa shape index (κ1) is 11.8. The summed E-state index contributed by atoms with van der Waals surface area (Å²) in [7, 11) is 4.20. The first-order chi connectivity index (χ1) is 8.78. The van der Waals surface area contributed by atoms with Crippen LogP contribution in [0, 0.1) is 0 Å². The van der Waals surface area contributed by atoms with Crippen LogP contribution in [0.3, 0.4) is 0 Å². The van der Waals surface area contributed by atoms with Crippen LogP contribution in [0.5, 0.6) is 0 Å². The minimum atomic E-state index is 0.267. The number of hydrogen-bond donors (Lipinski definition) is 1. The van der Waals surface area contributed by atoms with Crippen LogP contribution in [0.25, 0.3) is 11.0 Å². The predicted molar refractivity (Wildman–Crippen MR) is 73.7 cm³/mol. The summed E-state index contributed by atoms with van der Waals surface area (Å²) in [6.07, 6.45) is 2.68. The van der Waals surface area contributed by atoms with E-state index in [0.29, 0.717) is 0 Å². The van der Waals surface area contributed by atoms with Crippen LogP contribution in [0.15, 0.2) is 34.7 Å². The average Bonchev–Trinajstić information content (AvgIpc) is 3.15. The van der Waals surface area contributed by atoms with Crippen molar-refractivity contribution in [1.29, 1.82) is 0 Å². The van der Waals surface area contributed by atoms with Gasteiger partial charge in [-0.2, -0.15) is 0 Å². The van der Waals surface area contributed by atoms with E-state index < -0.39 is 0 Å². The van der Waals surface area contributed by atoms with Crippen molar-refractivity contribution in [3.63, 3.8) is 0 Å². The quantitative estimate of drug-likeness (QED) is 0.876. The second-order valence-corrected chi connectivity index (χ2v) is 5.20. The van der Waals surface area contributed by atoms with E-state index in [1.165, 1.54) is 18.2 Å². The number of nitrogens with zero attached hydrogens (tertiary/aromatic N) is 1. The molecule has 3 heteroatoms. The minimum Gasteiger partial charge on any atom is -0.459 e. The molecule has 0 aliphatic heterocycles. The molecular formula is C15H20N2O. The van der Waals surface area contributed by atoms with Crippen molar-refractivity contribution in [3.8, 4) is 0 Å².